The molecule has 6 nitrogen and oxygen atoms in total. The van der Waals surface area contributed by atoms with Gasteiger partial charge in [0.05, 0.1) is 6.54 Å². The number of carbonyl (C=O) groups is 1. The van der Waals surface area contributed by atoms with E-state index in [0.29, 0.717) is 30.3 Å². The summed E-state index contributed by atoms with van der Waals surface area (Å²) in [5.41, 5.74) is 0. The van der Waals surface area contributed by atoms with Crippen LogP contribution in [0.1, 0.15) is 50.7 Å². The first-order valence-electron chi connectivity index (χ1n) is 8.93. The predicted molar refractivity (Wildman–Crippen MR) is 86.9 cm³/mol. The van der Waals surface area contributed by atoms with Crippen LogP contribution >= 0.6 is 0 Å². The Kier molecular flexibility index (Phi) is 5.30. The first kappa shape index (κ1) is 16.4. The molecule has 2 saturated heterocycles. The molecule has 1 aromatic heterocycles. The zero-order valence-electron chi connectivity index (χ0n) is 14.3. The summed E-state index contributed by atoms with van der Waals surface area (Å²) in [6, 6.07) is 0.402. The predicted octanol–water partition coefficient (Wildman–Crippen LogP) is 2.03. The molecular weight excluding hydrogens is 292 g/mol. The first-order valence-corrected chi connectivity index (χ1v) is 8.93. The molecule has 0 saturated carbocycles. The van der Waals surface area contributed by atoms with Crippen LogP contribution in [0.5, 0.6) is 0 Å². The standard InChI is InChI=1S/C17H28N4O2/c1-13-6-3-4-9-21(13)17(22)12-20-8-5-7-15(11-20)10-16-18-14(2)23-19-16/h13,15H,3-12H2,1-2H3/t13-,15+/m0/s1. The fraction of sp³-hybridized carbons (Fsp3) is 0.824. The molecule has 0 aliphatic carbocycles. The molecule has 0 unspecified atom stereocenters. The number of carbonyl (C=O) groups excluding carboxylic acids is 1. The number of piperidine rings is 2. The van der Waals surface area contributed by atoms with Gasteiger partial charge in [-0.05, 0) is 51.5 Å². The molecule has 3 heterocycles. The van der Waals surface area contributed by atoms with Crippen molar-refractivity contribution in [1.29, 1.82) is 0 Å². The van der Waals surface area contributed by atoms with Crippen molar-refractivity contribution in [2.24, 2.45) is 5.92 Å². The van der Waals surface area contributed by atoms with E-state index in [-0.39, 0.29) is 0 Å². The van der Waals surface area contributed by atoms with Crippen LogP contribution in [0.15, 0.2) is 4.52 Å². The van der Waals surface area contributed by atoms with E-state index in [2.05, 4.69) is 26.9 Å². The van der Waals surface area contributed by atoms with Gasteiger partial charge in [0.2, 0.25) is 11.8 Å². The lowest BCUT2D eigenvalue weighted by Crippen LogP contribution is -2.48. The zero-order valence-corrected chi connectivity index (χ0v) is 14.3. The summed E-state index contributed by atoms with van der Waals surface area (Å²) in [4.78, 5) is 21.3. The molecule has 3 rings (SSSR count). The lowest BCUT2D eigenvalue weighted by molar-refractivity contribution is -0.136. The van der Waals surface area contributed by atoms with Crippen LogP contribution in [-0.4, -0.2) is 58.1 Å². The summed E-state index contributed by atoms with van der Waals surface area (Å²) >= 11 is 0. The monoisotopic (exact) mass is 320 g/mol. The second-order valence-electron chi connectivity index (χ2n) is 7.11. The SMILES string of the molecule is Cc1nc(C[C@H]2CCCN(CC(=O)N3CCCC[C@@H]3C)C2)no1. The molecule has 2 aliphatic rings. The molecule has 6 heteroatoms. The van der Waals surface area contributed by atoms with Crippen molar-refractivity contribution in [2.45, 2.75) is 58.4 Å². The molecule has 2 fully saturated rings. The van der Waals surface area contributed by atoms with Crippen LogP contribution in [-0.2, 0) is 11.2 Å². The van der Waals surface area contributed by atoms with Crippen molar-refractivity contribution in [2.75, 3.05) is 26.2 Å². The summed E-state index contributed by atoms with van der Waals surface area (Å²) < 4.78 is 5.05. The van der Waals surface area contributed by atoms with Gasteiger partial charge in [0.1, 0.15) is 0 Å². The third-order valence-electron chi connectivity index (χ3n) is 5.13. The summed E-state index contributed by atoms with van der Waals surface area (Å²) in [6.07, 6.45) is 6.72. The fourth-order valence-corrected chi connectivity index (χ4v) is 3.89. The van der Waals surface area contributed by atoms with Crippen molar-refractivity contribution in [1.82, 2.24) is 19.9 Å². The Morgan fingerprint density at radius 3 is 2.87 bits per heavy atom. The van der Waals surface area contributed by atoms with Gasteiger partial charge < -0.3 is 9.42 Å². The maximum absolute atomic E-state index is 12.6. The average molecular weight is 320 g/mol. The summed E-state index contributed by atoms with van der Waals surface area (Å²) in [5, 5.41) is 4.00. The number of rotatable bonds is 4. The van der Waals surface area contributed by atoms with Gasteiger partial charge in [0, 0.05) is 32.5 Å². The number of aromatic nitrogens is 2. The van der Waals surface area contributed by atoms with E-state index < -0.39 is 0 Å². The lowest BCUT2D eigenvalue weighted by atomic mass is 9.94. The van der Waals surface area contributed by atoms with Gasteiger partial charge in [-0.15, -0.1) is 0 Å². The largest absolute Gasteiger partial charge is 0.340 e. The number of nitrogens with zero attached hydrogens (tertiary/aromatic N) is 4. The molecule has 128 valence electrons. The highest BCUT2D eigenvalue weighted by Gasteiger charge is 2.27. The number of amides is 1. The molecule has 1 amide bonds. The zero-order chi connectivity index (χ0) is 16.2. The Bertz CT molecular complexity index is 530. The highest BCUT2D eigenvalue weighted by Crippen LogP contribution is 2.21. The van der Waals surface area contributed by atoms with E-state index in [4.69, 9.17) is 4.52 Å². The van der Waals surface area contributed by atoms with Gasteiger partial charge >= 0.3 is 0 Å². The van der Waals surface area contributed by atoms with E-state index in [0.717, 1.165) is 51.1 Å². The van der Waals surface area contributed by atoms with Crippen LogP contribution in [0.3, 0.4) is 0 Å². The molecule has 2 aliphatic heterocycles. The van der Waals surface area contributed by atoms with Crippen molar-refractivity contribution >= 4 is 5.91 Å². The maximum Gasteiger partial charge on any atom is 0.236 e. The third-order valence-corrected chi connectivity index (χ3v) is 5.13. The van der Waals surface area contributed by atoms with E-state index in [1.807, 2.05) is 6.92 Å². The first-order chi connectivity index (χ1) is 11.1. The van der Waals surface area contributed by atoms with Crippen molar-refractivity contribution in [3.8, 4) is 0 Å². The Labute approximate surface area is 138 Å². The van der Waals surface area contributed by atoms with Gasteiger partial charge in [-0.25, -0.2) is 0 Å². The highest BCUT2D eigenvalue weighted by molar-refractivity contribution is 5.78. The fourth-order valence-electron chi connectivity index (χ4n) is 3.89. The topological polar surface area (TPSA) is 62.5 Å². The minimum absolute atomic E-state index is 0.299. The summed E-state index contributed by atoms with van der Waals surface area (Å²) in [5.74, 6) is 2.24. The third kappa shape index (κ3) is 4.31. The van der Waals surface area contributed by atoms with Gasteiger partial charge in [-0.2, -0.15) is 4.98 Å². The molecule has 0 aromatic carbocycles. The van der Waals surface area contributed by atoms with E-state index in [1.54, 1.807) is 0 Å². The Balaban J connectivity index is 1.51. The van der Waals surface area contributed by atoms with Crippen molar-refractivity contribution in [3.63, 3.8) is 0 Å². The quantitative estimate of drug-likeness (QED) is 0.849. The molecule has 23 heavy (non-hydrogen) atoms. The van der Waals surface area contributed by atoms with Crippen LogP contribution in [0, 0.1) is 12.8 Å². The number of hydrogen-bond donors (Lipinski definition) is 0. The van der Waals surface area contributed by atoms with E-state index >= 15 is 0 Å². The molecule has 1 aromatic rings. The van der Waals surface area contributed by atoms with Crippen molar-refractivity contribution < 1.29 is 9.32 Å². The molecule has 0 N–H and O–H groups in total. The Morgan fingerprint density at radius 1 is 1.26 bits per heavy atom. The Morgan fingerprint density at radius 2 is 2.13 bits per heavy atom. The smallest absolute Gasteiger partial charge is 0.236 e. The highest BCUT2D eigenvalue weighted by atomic mass is 16.5. The lowest BCUT2D eigenvalue weighted by Gasteiger charge is -2.37. The minimum Gasteiger partial charge on any atom is -0.340 e. The molecule has 0 radical (unpaired) electrons. The van der Waals surface area contributed by atoms with Gasteiger partial charge in [-0.3, -0.25) is 9.69 Å². The Hall–Kier alpha value is -1.43. The van der Waals surface area contributed by atoms with E-state index in [9.17, 15) is 4.79 Å². The molecular formula is C17H28N4O2. The summed E-state index contributed by atoms with van der Waals surface area (Å²) in [6.45, 7) is 7.47. The molecule has 0 bridgehead atoms. The second kappa shape index (κ2) is 7.43. The van der Waals surface area contributed by atoms with Gasteiger partial charge in [-0.1, -0.05) is 5.16 Å². The molecule has 0 spiro atoms. The van der Waals surface area contributed by atoms with Crippen LogP contribution < -0.4 is 0 Å². The van der Waals surface area contributed by atoms with Crippen LogP contribution in [0.25, 0.3) is 0 Å². The van der Waals surface area contributed by atoms with Crippen molar-refractivity contribution in [3.05, 3.63) is 11.7 Å². The molecule has 2 atom stereocenters. The maximum atomic E-state index is 12.6. The van der Waals surface area contributed by atoms with E-state index in [1.165, 1.54) is 12.8 Å². The van der Waals surface area contributed by atoms with Crippen LogP contribution in [0.2, 0.25) is 0 Å². The van der Waals surface area contributed by atoms with Gasteiger partial charge in [0.15, 0.2) is 5.82 Å². The number of aryl methyl sites for hydroxylation is 1. The number of hydrogen-bond acceptors (Lipinski definition) is 5. The summed E-state index contributed by atoms with van der Waals surface area (Å²) in [7, 11) is 0. The number of likely N-dealkylation sites (tertiary alicyclic amines) is 2. The average Bonchev–Trinajstić information content (AvgIpc) is 2.93. The second-order valence-corrected chi connectivity index (χ2v) is 7.11. The normalized spacial score (nSPS) is 26.4. The minimum atomic E-state index is 0.299. The van der Waals surface area contributed by atoms with Crippen LogP contribution in [0.4, 0.5) is 0 Å². The van der Waals surface area contributed by atoms with Gasteiger partial charge in [0.25, 0.3) is 0 Å².